The van der Waals surface area contributed by atoms with E-state index < -0.39 is 0 Å². The molecule has 1 aromatic carbocycles. The van der Waals surface area contributed by atoms with Gasteiger partial charge in [-0.15, -0.1) is 24.8 Å². The Morgan fingerprint density at radius 3 is 2.41 bits per heavy atom. The van der Waals surface area contributed by atoms with Crippen molar-refractivity contribution in [1.82, 2.24) is 10.2 Å². The van der Waals surface area contributed by atoms with Crippen molar-refractivity contribution in [2.24, 2.45) is 5.92 Å². The minimum absolute atomic E-state index is 0. The van der Waals surface area contributed by atoms with Crippen molar-refractivity contribution < 1.29 is 9.53 Å². The van der Waals surface area contributed by atoms with E-state index in [1.165, 1.54) is 31.4 Å². The zero-order chi connectivity index (χ0) is 17.2. The molecule has 3 fully saturated rings. The van der Waals surface area contributed by atoms with Crippen molar-refractivity contribution in [2.45, 2.75) is 44.2 Å². The fourth-order valence-electron chi connectivity index (χ4n) is 4.74. The Hall–Kier alpha value is -1.17. The van der Waals surface area contributed by atoms with E-state index in [9.17, 15) is 4.79 Å². The van der Waals surface area contributed by atoms with E-state index in [4.69, 9.17) is 4.74 Å². The molecule has 0 spiro atoms. The average molecular weight is 416 g/mol. The molecule has 1 amide bonds. The lowest BCUT2D eigenvalue weighted by Gasteiger charge is -2.37. The van der Waals surface area contributed by atoms with E-state index in [0.29, 0.717) is 23.9 Å². The molecule has 2 unspecified atom stereocenters. The summed E-state index contributed by atoms with van der Waals surface area (Å²) in [5.41, 5.74) is 1.18. The van der Waals surface area contributed by atoms with E-state index in [1.807, 2.05) is 12.1 Å². The van der Waals surface area contributed by atoms with Crippen LogP contribution >= 0.6 is 24.8 Å². The van der Waals surface area contributed by atoms with Crippen molar-refractivity contribution in [3.63, 3.8) is 0 Å². The van der Waals surface area contributed by atoms with E-state index in [1.54, 1.807) is 7.11 Å². The monoisotopic (exact) mass is 415 g/mol. The van der Waals surface area contributed by atoms with Crippen LogP contribution in [0.2, 0.25) is 0 Å². The number of amides is 1. The number of hydrogen-bond acceptors (Lipinski definition) is 4. The number of anilines is 1. The van der Waals surface area contributed by atoms with Crippen LogP contribution < -0.4 is 15.0 Å². The summed E-state index contributed by atoms with van der Waals surface area (Å²) >= 11 is 0. The topological polar surface area (TPSA) is 44.8 Å². The standard InChI is InChI=1S/C20H29N3O2.2ClH/c1-25-19-4-2-3-18(14-19)22-7-9-23(10-8-22)20(24)13-15-11-16-5-6-17(12-15)21-16;;/h2-4,14-17,21H,5-13H2,1H3;2*1H. The highest BCUT2D eigenvalue weighted by atomic mass is 35.5. The summed E-state index contributed by atoms with van der Waals surface area (Å²) in [5.74, 6) is 1.83. The molecule has 1 aromatic rings. The number of hydrogen-bond donors (Lipinski definition) is 1. The van der Waals surface area contributed by atoms with E-state index in [2.05, 4.69) is 27.2 Å². The molecular formula is C20H31Cl2N3O2. The summed E-state index contributed by atoms with van der Waals surface area (Å²) in [6, 6.07) is 9.52. The smallest absolute Gasteiger partial charge is 0.222 e. The number of piperazine rings is 1. The van der Waals surface area contributed by atoms with Crippen LogP contribution in [-0.2, 0) is 4.79 Å². The normalized spacial score (nSPS) is 26.8. The van der Waals surface area contributed by atoms with E-state index in [-0.39, 0.29) is 24.8 Å². The van der Waals surface area contributed by atoms with Gasteiger partial charge in [-0.1, -0.05) is 6.07 Å². The van der Waals surface area contributed by atoms with Gasteiger partial charge in [0.25, 0.3) is 0 Å². The molecule has 0 aromatic heterocycles. The minimum atomic E-state index is 0. The second kappa shape index (κ2) is 9.85. The Kier molecular flexibility index (Phi) is 8.07. The van der Waals surface area contributed by atoms with Crippen LogP contribution in [0.5, 0.6) is 5.75 Å². The molecular weight excluding hydrogens is 385 g/mol. The van der Waals surface area contributed by atoms with E-state index in [0.717, 1.165) is 38.3 Å². The molecule has 0 radical (unpaired) electrons. The minimum Gasteiger partial charge on any atom is -0.497 e. The zero-order valence-corrected chi connectivity index (χ0v) is 17.6. The average Bonchev–Trinajstić information content (AvgIpc) is 3.00. The lowest BCUT2D eigenvalue weighted by molar-refractivity contribution is -0.132. The molecule has 4 rings (SSSR count). The summed E-state index contributed by atoms with van der Waals surface area (Å²) in [7, 11) is 1.70. The van der Waals surface area contributed by atoms with Gasteiger partial charge in [0.1, 0.15) is 5.75 Å². The van der Waals surface area contributed by atoms with Gasteiger partial charge in [-0.2, -0.15) is 0 Å². The van der Waals surface area contributed by atoms with E-state index >= 15 is 0 Å². The van der Waals surface area contributed by atoms with Gasteiger partial charge >= 0.3 is 0 Å². The predicted molar refractivity (Wildman–Crippen MR) is 114 cm³/mol. The molecule has 27 heavy (non-hydrogen) atoms. The van der Waals surface area contributed by atoms with Crippen LogP contribution in [0.25, 0.3) is 0 Å². The number of carbonyl (C=O) groups is 1. The fraction of sp³-hybridized carbons (Fsp3) is 0.650. The van der Waals surface area contributed by atoms with Gasteiger partial charge in [0.2, 0.25) is 5.91 Å². The second-order valence-electron chi connectivity index (χ2n) is 7.75. The van der Waals surface area contributed by atoms with Crippen molar-refractivity contribution in [2.75, 3.05) is 38.2 Å². The lowest BCUT2D eigenvalue weighted by Crippen LogP contribution is -2.49. The van der Waals surface area contributed by atoms with Crippen LogP contribution in [0.3, 0.4) is 0 Å². The summed E-state index contributed by atoms with van der Waals surface area (Å²) in [4.78, 5) is 17.1. The first-order chi connectivity index (χ1) is 12.2. The molecule has 3 heterocycles. The van der Waals surface area contributed by atoms with Crippen LogP contribution in [0, 0.1) is 5.92 Å². The van der Waals surface area contributed by atoms with Crippen LogP contribution in [0.4, 0.5) is 5.69 Å². The number of benzene rings is 1. The molecule has 5 nitrogen and oxygen atoms in total. The number of fused-ring (bicyclic) bond motifs is 2. The van der Waals surface area contributed by atoms with Crippen molar-refractivity contribution in [1.29, 1.82) is 0 Å². The molecule has 0 saturated carbocycles. The zero-order valence-electron chi connectivity index (χ0n) is 15.9. The number of ether oxygens (including phenoxy) is 1. The van der Waals surface area contributed by atoms with Gasteiger partial charge in [0.05, 0.1) is 7.11 Å². The van der Waals surface area contributed by atoms with Crippen molar-refractivity contribution >= 4 is 36.4 Å². The van der Waals surface area contributed by atoms with Crippen LogP contribution in [0.1, 0.15) is 32.1 Å². The highest BCUT2D eigenvalue weighted by molar-refractivity contribution is 5.85. The third-order valence-corrected chi connectivity index (χ3v) is 6.08. The molecule has 3 saturated heterocycles. The first-order valence-corrected chi connectivity index (χ1v) is 9.64. The summed E-state index contributed by atoms with van der Waals surface area (Å²) in [5, 5.41) is 3.66. The maximum Gasteiger partial charge on any atom is 0.222 e. The molecule has 3 aliphatic rings. The van der Waals surface area contributed by atoms with Crippen molar-refractivity contribution in [3.8, 4) is 5.75 Å². The number of rotatable bonds is 4. The highest BCUT2D eigenvalue weighted by Gasteiger charge is 2.35. The Morgan fingerprint density at radius 1 is 1.11 bits per heavy atom. The van der Waals surface area contributed by atoms with Gasteiger partial charge < -0.3 is 19.9 Å². The quantitative estimate of drug-likeness (QED) is 0.820. The van der Waals surface area contributed by atoms with Crippen molar-refractivity contribution in [3.05, 3.63) is 24.3 Å². The van der Waals surface area contributed by atoms with Gasteiger partial charge in [0.15, 0.2) is 0 Å². The van der Waals surface area contributed by atoms with Gasteiger partial charge in [0, 0.05) is 56.4 Å². The summed E-state index contributed by atoms with van der Waals surface area (Å²) < 4.78 is 5.32. The first-order valence-electron chi connectivity index (χ1n) is 9.64. The Morgan fingerprint density at radius 2 is 1.78 bits per heavy atom. The van der Waals surface area contributed by atoms with Crippen LogP contribution in [-0.4, -0.2) is 56.2 Å². The number of nitrogens with zero attached hydrogens (tertiary/aromatic N) is 2. The number of carbonyl (C=O) groups excluding carboxylic acids is 1. The van der Waals surface area contributed by atoms with Gasteiger partial charge in [-0.3, -0.25) is 4.79 Å². The third-order valence-electron chi connectivity index (χ3n) is 6.08. The highest BCUT2D eigenvalue weighted by Crippen LogP contribution is 2.33. The number of methoxy groups -OCH3 is 1. The third kappa shape index (κ3) is 5.21. The number of nitrogens with one attached hydrogen (secondary N) is 1. The SMILES string of the molecule is COc1cccc(N2CCN(C(=O)CC3CC4CCC(C3)N4)CC2)c1.Cl.Cl. The van der Waals surface area contributed by atoms with Crippen LogP contribution in [0.15, 0.2) is 24.3 Å². The maximum absolute atomic E-state index is 12.7. The maximum atomic E-state index is 12.7. The Labute approximate surface area is 174 Å². The summed E-state index contributed by atoms with van der Waals surface area (Å²) in [6.07, 6.45) is 5.72. The Bertz CT molecular complexity index is 611. The van der Waals surface area contributed by atoms with Gasteiger partial charge in [-0.25, -0.2) is 0 Å². The predicted octanol–water partition coefficient (Wildman–Crippen LogP) is 3.11. The number of halogens is 2. The molecule has 2 atom stereocenters. The fourth-order valence-corrected chi connectivity index (χ4v) is 4.74. The molecule has 152 valence electrons. The molecule has 7 heteroatoms. The Balaban J connectivity index is 0.00000131. The molecule has 2 bridgehead atoms. The largest absolute Gasteiger partial charge is 0.497 e. The number of piperidine rings is 1. The van der Waals surface area contributed by atoms with Gasteiger partial charge in [-0.05, 0) is 43.7 Å². The molecule has 0 aliphatic carbocycles. The second-order valence-corrected chi connectivity index (χ2v) is 7.75. The lowest BCUT2D eigenvalue weighted by atomic mass is 9.89. The molecule has 1 N–H and O–H groups in total. The molecule has 3 aliphatic heterocycles. The summed E-state index contributed by atoms with van der Waals surface area (Å²) in [6.45, 7) is 3.45. The first kappa shape index (κ1) is 22.1.